The van der Waals surface area contributed by atoms with Gasteiger partial charge in [-0.05, 0) is 67.8 Å². The molecule has 5 rings (SSSR count). The molecule has 0 bridgehead atoms. The molecule has 0 aliphatic carbocycles. The van der Waals surface area contributed by atoms with E-state index in [2.05, 4.69) is 15.5 Å². The lowest BCUT2D eigenvalue weighted by atomic mass is 9.92. The Morgan fingerprint density at radius 1 is 1.11 bits per heavy atom. The number of benzene rings is 2. The fraction of sp³-hybridized carbons (Fsp3) is 0.222. The van der Waals surface area contributed by atoms with Gasteiger partial charge in [0, 0.05) is 11.3 Å². The van der Waals surface area contributed by atoms with E-state index in [1.807, 2.05) is 39.0 Å². The highest BCUT2D eigenvalue weighted by Crippen LogP contribution is 2.38. The maximum absolute atomic E-state index is 14.3. The van der Waals surface area contributed by atoms with Crippen molar-refractivity contribution in [1.29, 1.82) is 0 Å². The first-order valence-corrected chi connectivity index (χ1v) is 11.4. The number of carbonyl (C=O) groups is 1. The summed E-state index contributed by atoms with van der Waals surface area (Å²) in [5.74, 6) is 0.679. The zero-order valence-electron chi connectivity index (χ0n) is 20.3. The predicted octanol–water partition coefficient (Wildman–Crippen LogP) is 5.79. The van der Waals surface area contributed by atoms with Gasteiger partial charge in [0.1, 0.15) is 5.76 Å². The second kappa shape index (κ2) is 9.33. The number of nitrogens with one attached hydrogen (secondary N) is 1. The smallest absolute Gasteiger partial charge is 0.322 e. The Bertz CT molecular complexity index is 1460. The SMILES string of the molecule is COc1ccc(-c2noc(C3=C(C)N(Cc4ccco4)C(=O)NC3c3ccc(C)c(C)c3)n2)cc1F. The molecule has 0 saturated heterocycles. The fourth-order valence-corrected chi connectivity index (χ4v) is 4.26. The van der Waals surface area contributed by atoms with E-state index >= 15 is 0 Å². The summed E-state index contributed by atoms with van der Waals surface area (Å²) in [4.78, 5) is 19.3. The van der Waals surface area contributed by atoms with E-state index in [-0.39, 0.29) is 30.0 Å². The van der Waals surface area contributed by atoms with Crippen LogP contribution in [0.4, 0.5) is 9.18 Å². The summed E-state index contributed by atoms with van der Waals surface area (Å²) in [7, 11) is 1.40. The first kappa shape index (κ1) is 23.3. The lowest BCUT2D eigenvalue weighted by molar-refractivity contribution is 0.199. The van der Waals surface area contributed by atoms with Crippen LogP contribution in [-0.2, 0) is 6.54 Å². The van der Waals surface area contributed by atoms with Crippen LogP contribution in [0, 0.1) is 19.7 Å². The number of hydrogen-bond donors (Lipinski definition) is 1. The Morgan fingerprint density at radius 3 is 2.64 bits per heavy atom. The number of nitrogens with zero attached hydrogens (tertiary/aromatic N) is 3. The minimum atomic E-state index is -0.528. The minimum absolute atomic E-state index is 0.124. The third kappa shape index (κ3) is 4.24. The van der Waals surface area contributed by atoms with E-state index in [0.29, 0.717) is 22.6 Å². The molecule has 8 nitrogen and oxygen atoms in total. The van der Waals surface area contributed by atoms with Gasteiger partial charge in [-0.15, -0.1) is 0 Å². The van der Waals surface area contributed by atoms with Gasteiger partial charge in [0.05, 0.1) is 31.5 Å². The van der Waals surface area contributed by atoms with E-state index in [1.54, 1.807) is 29.4 Å². The molecule has 0 spiro atoms. The normalized spacial score (nSPS) is 15.9. The number of aryl methyl sites for hydroxylation is 2. The van der Waals surface area contributed by atoms with E-state index in [4.69, 9.17) is 13.7 Å². The molecular weight excluding hydrogens is 463 g/mol. The Balaban J connectivity index is 1.60. The van der Waals surface area contributed by atoms with Crippen molar-refractivity contribution in [2.45, 2.75) is 33.4 Å². The molecule has 1 atom stereocenters. The first-order chi connectivity index (χ1) is 17.4. The van der Waals surface area contributed by atoms with Crippen LogP contribution in [0.3, 0.4) is 0 Å². The molecule has 0 fully saturated rings. The van der Waals surface area contributed by atoms with Gasteiger partial charge >= 0.3 is 6.03 Å². The van der Waals surface area contributed by atoms with Gasteiger partial charge in [-0.2, -0.15) is 4.98 Å². The number of carbonyl (C=O) groups excluding carboxylic acids is 1. The largest absolute Gasteiger partial charge is 0.494 e. The molecule has 0 saturated carbocycles. The topological polar surface area (TPSA) is 93.6 Å². The number of halogens is 1. The van der Waals surface area contributed by atoms with E-state index in [1.165, 1.54) is 19.2 Å². The number of aromatic nitrogens is 2. The summed E-state index contributed by atoms with van der Waals surface area (Å²) in [5.41, 5.74) is 4.86. The number of ether oxygens (including phenoxy) is 1. The number of hydrogen-bond acceptors (Lipinski definition) is 6. The summed E-state index contributed by atoms with van der Waals surface area (Å²) < 4.78 is 30.4. The van der Waals surface area contributed by atoms with Crippen LogP contribution in [0.1, 0.15) is 41.3 Å². The summed E-state index contributed by atoms with van der Waals surface area (Å²) in [6.45, 7) is 6.12. The fourth-order valence-electron chi connectivity index (χ4n) is 4.26. The van der Waals surface area contributed by atoms with E-state index in [9.17, 15) is 9.18 Å². The van der Waals surface area contributed by atoms with Gasteiger partial charge in [-0.1, -0.05) is 23.4 Å². The molecule has 2 aromatic carbocycles. The monoisotopic (exact) mass is 488 g/mol. The Morgan fingerprint density at radius 2 is 1.94 bits per heavy atom. The van der Waals surface area contributed by atoms with Crippen molar-refractivity contribution in [3.63, 3.8) is 0 Å². The molecule has 3 heterocycles. The number of furan rings is 1. The van der Waals surface area contributed by atoms with Crippen LogP contribution in [0.25, 0.3) is 17.0 Å². The summed E-state index contributed by atoms with van der Waals surface area (Å²) in [6.07, 6.45) is 1.56. The predicted molar refractivity (Wildman–Crippen MR) is 130 cm³/mol. The van der Waals surface area contributed by atoms with Crippen molar-refractivity contribution in [1.82, 2.24) is 20.4 Å². The Kier molecular flexibility index (Phi) is 6.05. The number of amides is 2. The molecular formula is C27H25FN4O4. The van der Waals surface area contributed by atoms with Gasteiger partial charge in [-0.3, -0.25) is 4.90 Å². The molecule has 1 aliphatic heterocycles. The van der Waals surface area contributed by atoms with Gasteiger partial charge in [0.15, 0.2) is 11.6 Å². The second-order valence-corrected chi connectivity index (χ2v) is 8.66. The zero-order valence-corrected chi connectivity index (χ0v) is 20.3. The second-order valence-electron chi connectivity index (χ2n) is 8.66. The molecule has 0 radical (unpaired) electrons. The highest BCUT2D eigenvalue weighted by Gasteiger charge is 2.36. The van der Waals surface area contributed by atoms with E-state index in [0.717, 1.165) is 16.7 Å². The number of methoxy groups -OCH3 is 1. The Hall–Kier alpha value is -4.40. The third-order valence-electron chi connectivity index (χ3n) is 6.42. The lowest BCUT2D eigenvalue weighted by Gasteiger charge is -2.34. The van der Waals surface area contributed by atoms with Crippen molar-refractivity contribution in [3.05, 3.63) is 94.6 Å². The molecule has 2 amide bonds. The van der Waals surface area contributed by atoms with E-state index < -0.39 is 11.9 Å². The molecule has 9 heteroatoms. The van der Waals surface area contributed by atoms with Crippen LogP contribution in [0.15, 0.2) is 69.4 Å². The quantitative estimate of drug-likeness (QED) is 0.369. The average molecular weight is 489 g/mol. The molecule has 2 aromatic heterocycles. The van der Waals surface area contributed by atoms with Crippen LogP contribution in [0.2, 0.25) is 0 Å². The number of rotatable bonds is 6. The summed E-state index contributed by atoms with van der Waals surface area (Å²) in [5, 5.41) is 7.17. The van der Waals surface area contributed by atoms with Crippen LogP contribution < -0.4 is 10.1 Å². The van der Waals surface area contributed by atoms with Gasteiger partial charge in [0.25, 0.3) is 5.89 Å². The maximum atomic E-state index is 14.3. The highest BCUT2D eigenvalue weighted by atomic mass is 19.1. The maximum Gasteiger partial charge on any atom is 0.322 e. The van der Waals surface area contributed by atoms with Crippen molar-refractivity contribution in [2.24, 2.45) is 0 Å². The lowest BCUT2D eigenvalue weighted by Crippen LogP contribution is -2.45. The van der Waals surface area contributed by atoms with Crippen molar-refractivity contribution >= 4 is 11.6 Å². The Labute approximate surface area is 207 Å². The molecule has 1 unspecified atom stereocenters. The number of urea groups is 1. The molecule has 1 N–H and O–H groups in total. The molecule has 36 heavy (non-hydrogen) atoms. The standard InChI is InChI=1S/C27H25FN4O4/c1-15-7-8-18(12-16(15)2)24-23(17(3)32(27(33)29-24)14-20-6-5-11-35-20)26-30-25(31-36-26)19-9-10-22(34-4)21(28)13-19/h5-13,24H,14H2,1-4H3,(H,29,33). The summed E-state index contributed by atoms with van der Waals surface area (Å²) in [6, 6.07) is 13.3. The molecule has 1 aliphatic rings. The number of allylic oxidation sites excluding steroid dienone is 1. The highest BCUT2D eigenvalue weighted by molar-refractivity contribution is 5.86. The van der Waals surface area contributed by atoms with Gasteiger partial charge < -0.3 is 19.0 Å². The van der Waals surface area contributed by atoms with Crippen molar-refractivity contribution in [2.75, 3.05) is 7.11 Å². The molecule has 4 aromatic rings. The first-order valence-electron chi connectivity index (χ1n) is 11.4. The minimum Gasteiger partial charge on any atom is -0.494 e. The van der Waals surface area contributed by atoms with Crippen molar-refractivity contribution < 1.29 is 22.9 Å². The van der Waals surface area contributed by atoms with Gasteiger partial charge in [0.2, 0.25) is 5.82 Å². The van der Waals surface area contributed by atoms with Crippen LogP contribution >= 0.6 is 0 Å². The van der Waals surface area contributed by atoms with Crippen LogP contribution in [-0.4, -0.2) is 28.2 Å². The zero-order chi connectivity index (χ0) is 25.4. The van der Waals surface area contributed by atoms with Gasteiger partial charge in [-0.25, -0.2) is 9.18 Å². The third-order valence-corrected chi connectivity index (χ3v) is 6.42. The summed E-state index contributed by atoms with van der Waals surface area (Å²) >= 11 is 0. The average Bonchev–Trinajstić information content (AvgIpc) is 3.55. The van der Waals surface area contributed by atoms with Crippen molar-refractivity contribution in [3.8, 4) is 17.1 Å². The molecule has 184 valence electrons. The van der Waals surface area contributed by atoms with Crippen LogP contribution in [0.5, 0.6) is 5.75 Å².